The molecule has 0 bridgehead atoms. The number of aryl methyl sites for hydroxylation is 2. The van der Waals surface area contributed by atoms with Gasteiger partial charge in [0.15, 0.2) is 5.65 Å². The van der Waals surface area contributed by atoms with E-state index in [-0.39, 0.29) is 5.82 Å². The molecule has 0 unspecified atom stereocenters. The van der Waals surface area contributed by atoms with E-state index in [4.69, 9.17) is 22.1 Å². The quantitative estimate of drug-likeness (QED) is 0.780. The van der Waals surface area contributed by atoms with Crippen LogP contribution in [0.15, 0.2) is 18.3 Å². The molecule has 0 fully saturated rings. The number of fused-ring (bicyclic) bond motifs is 1. The molecule has 1 aromatic carbocycles. The van der Waals surface area contributed by atoms with Crippen LogP contribution in [0.3, 0.4) is 0 Å². The largest absolute Gasteiger partial charge is 0.495 e. The summed E-state index contributed by atoms with van der Waals surface area (Å²) < 4.78 is 6.97. The van der Waals surface area contributed by atoms with E-state index in [1.807, 2.05) is 13.0 Å². The third-order valence-corrected chi connectivity index (χ3v) is 4.07. The normalized spacial score (nSPS) is 10.7. The highest BCUT2D eigenvalue weighted by atomic mass is 35.5. The first-order valence-corrected chi connectivity index (χ1v) is 7.24. The molecule has 3 aromatic rings. The number of nitrogens with two attached hydrogens (primary N) is 1. The van der Waals surface area contributed by atoms with Crippen molar-refractivity contribution >= 4 is 28.5 Å². The van der Waals surface area contributed by atoms with Crippen LogP contribution < -0.4 is 10.5 Å². The van der Waals surface area contributed by atoms with E-state index < -0.39 is 0 Å². The average Bonchev–Trinajstić information content (AvgIpc) is 2.79. The molecule has 0 saturated carbocycles. The standard InChI is InChI=1S/C16H14ClN5O/c1-8-4-5-12(23-3)13(17)14(8)22-15(19)10(6-18)11-7-20-9(2)21-16(11)22/h4-5,7H,19H2,1-3H3. The highest BCUT2D eigenvalue weighted by Crippen LogP contribution is 2.38. The molecule has 3 rings (SSSR count). The van der Waals surface area contributed by atoms with Crippen LogP contribution in [0.2, 0.25) is 5.02 Å². The van der Waals surface area contributed by atoms with Gasteiger partial charge in [-0.05, 0) is 25.5 Å². The Hall–Kier alpha value is -2.78. The van der Waals surface area contributed by atoms with Crippen molar-refractivity contribution in [1.82, 2.24) is 14.5 Å². The monoisotopic (exact) mass is 327 g/mol. The summed E-state index contributed by atoms with van der Waals surface area (Å²) in [6, 6.07) is 5.78. The van der Waals surface area contributed by atoms with Gasteiger partial charge < -0.3 is 10.5 Å². The number of nitrogen functional groups attached to an aromatic ring is 1. The van der Waals surface area contributed by atoms with Crippen molar-refractivity contribution in [2.75, 3.05) is 12.8 Å². The van der Waals surface area contributed by atoms with E-state index in [1.54, 1.807) is 30.9 Å². The highest BCUT2D eigenvalue weighted by molar-refractivity contribution is 6.34. The van der Waals surface area contributed by atoms with Gasteiger partial charge in [-0.1, -0.05) is 17.7 Å². The molecule has 0 aliphatic heterocycles. The molecule has 0 aliphatic rings. The van der Waals surface area contributed by atoms with Crippen LogP contribution in [-0.4, -0.2) is 21.6 Å². The van der Waals surface area contributed by atoms with Gasteiger partial charge in [-0.15, -0.1) is 0 Å². The number of aromatic nitrogens is 3. The molecule has 6 nitrogen and oxygen atoms in total. The fourth-order valence-electron chi connectivity index (χ4n) is 2.59. The Kier molecular flexibility index (Phi) is 3.58. The second-order valence-electron chi connectivity index (χ2n) is 5.11. The smallest absolute Gasteiger partial charge is 0.151 e. The molecular weight excluding hydrogens is 314 g/mol. The molecule has 23 heavy (non-hydrogen) atoms. The summed E-state index contributed by atoms with van der Waals surface area (Å²) in [6.45, 7) is 3.69. The molecule has 0 spiro atoms. The molecule has 0 amide bonds. The number of ether oxygens (including phenoxy) is 1. The SMILES string of the molecule is COc1ccc(C)c(-n2c(N)c(C#N)c3cnc(C)nc32)c1Cl. The molecule has 0 aliphatic carbocycles. The van der Waals surface area contributed by atoms with Crippen molar-refractivity contribution in [2.24, 2.45) is 0 Å². The summed E-state index contributed by atoms with van der Waals surface area (Å²) in [5.41, 5.74) is 8.62. The Morgan fingerprint density at radius 1 is 1.35 bits per heavy atom. The number of halogens is 1. The zero-order chi connectivity index (χ0) is 16.7. The summed E-state index contributed by atoms with van der Waals surface area (Å²) in [5.74, 6) is 1.39. The van der Waals surface area contributed by atoms with Crippen LogP contribution in [0.1, 0.15) is 17.0 Å². The fourth-order valence-corrected chi connectivity index (χ4v) is 2.96. The van der Waals surface area contributed by atoms with E-state index in [0.717, 1.165) is 5.56 Å². The molecule has 7 heteroatoms. The third kappa shape index (κ3) is 2.17. The topological polar surface area (TPSA) is 89.8 Å². The van der Waals surface area contributed by atoms with Crippen LogP contribution in [0.4, 0.5) is 5.82 Å². The van der Waals surface area contributed by atoms with Gasteiger partial charge >= 0.3 is 0 Å². The first kappa shape index (κ1) is 15.1. The lowest BCUT2D eigenvalue weighted by atomic mass is 10.2. The number of benzene rings is 1. The summed E-state index contributed by atoms with van der Waals surface area (Å²) in [4.78, 5) is 8.59. The van der Waals surface area contributed by atoms with Gasteiger partial charge in [0.05, 0.1) is 18.2 Å². The summed E-state index contributed by atoms with van der Waals surface area (Å²) in [6.07, 6.45) is 1.60. The summed E-state index contributed by atoms with van der Waals surface area (Å²) >= 11 is 6.49. The third-order valence-electron chi connectivity index (χ3n) is 3.71. The molecule has 2 aromatic heterocycles. The molecule has 116 valence electrons. The number of hydrogen-bond acceptors (Lipinski definition) is 5. The van der Waals surface area contributed by atoms with E-state index in [0.29, 0.717) is 38.9 Å². The predicted octanol–water partition coefficient (Wildman–Crippen LogP) is 3.15. The Morgan fingerprint density at radius 3 is 2.74 bits per heavy atom. The van der Waals surface area contributed by atoms with Gasteiger partial charge in [-0.2, -0.15) is 5.26 Å². The Bertz CT molecular complexity index is 971. The molecule has 2 N–H and O–H groups in total. The first-order chi connectivity index (χ1) is 11.0. The van der Waals surface area contributed by atoms with Crippen LogP contribution >= 0.6 is 11.6 Å². The van der Waals surface area contributed by atoms with Gasteiger partial charge in [0.1, 0.15) is 34.0 Å². The van der Waals surface area contributed by atoms with Crippen molar-refractivity contribution in [3.63, 3.8) is 0 Å². The number of rotatable bonds is 2. The number of hydrogen-bond donors (Lipinski definition) is 1. The van der Waals surface area contributed by atoms with Gasteiger partial charge in [0.25, 0.3) is 0 Å². The maximum absolute atomic E-state index is 9.43. The minimum atomic E-state index is 0.278. The maximum Gasteiger partial charge on any atom is 0.151 e. The summed E-state index contributed by atoms with van der Waals surface area (Å²) in [5, 5.41) is 10.4. The van der Waals surface area contributed by atoms with Crippen molar-refractivity contribution in [3.05, 3.63) is 40.3 Å². The number of methoxy groups -OCH3 is 1. The fraction of sp³-hybridized carbons (Fsp3) is 0.188. The second kappa shape index (κ2) is 5.45. The van der Waals surface area contributed by atoms with Crippen LogP contribution in [-0.2, 0) is 0 Å². The van der Waals surface area contributed by atoms with Crippen LogP contribution in [0.5, 0.6) is 5.75 Å². The van der Waals surface area contributed by atoms with Crippen LogP contribution in [0.25, 0.3) is 16.7 Å². The maximum atomic E-state index is 9.43. The molecule has 0 atom stereocenters. The van der Waals surface area contributed by atoms with Gasteiger partial charge in [0, 0.05) is 6.20 Å². The lowest BCUT2D eigenvalue weighted by molar-refractivity contribution is 0.415. The Balaban J connectivity index is 2.49. The number of nitriles is 1. The molecule has 2 heterocycles. The zero-order valence-electron chi connectivity index (χ0n) is 12.9. The average molecular weight is 328 g/mol. The van der Waals surface area contributed by atoms with Gasteiger partial charge in [0.2, 0.25) is 0 Å². The van der Waals surface area contributed by atoms with Crippen molar-refractivity contribution in [3.8, 4) is 17.5 Å². The van der Waals surface area contributed by atoms with E-state index >= 15 is 0 Å². The highest BCUT2D eigenvalue weighted by Gasteiger charge is 2.22. The van der Waals surface area contributed by atoms with Crippen molar-refractivity contribution in [2.45, 2.75) is 13.8 Å². The molecule has 0 radical (unpaired) electrons. The van der Waals surface area contributed by atoms with Crippen LogP contribution in [0, 0.1) is 25.2 Å². The second-order valence-corrected chi connectivity index (χ2v) is 5.49. The predicted molar refractivity (Wildman–Crippen MR) is 89.0 cm³/mol. The number of anilines is 1. The molecule has 0 saturated heterocycles. The van der Waals surface area contributed by atoms with Crippen molar-refractivity contribution in [1.29, 1.82) is 5.26 Å². The van der Waals surface area contributed by atoms with Gasteiger partial charge in [-0.3, -0.25) is 4.57 Å². The zero-order valence-corrected chi connectivity index (χ0v) is 13.6. The lowest BCUT2D eigenvalue weighted by Crippen LogP contribution is -2.05. The van der Waals surface area contributed by atoms with Crippen molar-refractivity contribution < 1.29 is 4.74 Å². The Labute approximate surface area is 138 Å². The Morgan fingerprint density at radius 2 is 2.09 bits per heavy atom. The van der Waals surface area contributed by atoms with Gasteiger partial charge in [-0.25, -0.2) is 9.97 Å². The summed E-state index contributed by atoms with van der Waals surface area (Å²) in [7, 11) is 1.55. The first-order valence-electron chi connectivity index (χ1n) is 6.86. The van der Waals surface area contributed by atoms with E-state index in [9.17, 15) is 5.26 Å². The van der Waals surface area contributed by atoms with E-state index in [2.05, 4.69) is 16.0 Å². The lowest BCUT2D eigenvalue weighted by Gasteiger charge is -2.15. The molecular formula is C16H14ClN5O. The minimum absolute atomic E-state index is 0.278. The minimum Gasteiger partial charge on any atom is -0.495 e. The number of nitrogens with zero attached hydrogens (tertiary/aromatic N) is 4. The van der Waals surface area contributed by atoms with E-state index in [1.165, 1.54) is 0 Å².